The molecule has 0 aliphatic rings. The molecule has 3 aromatic rings. The van der Waals surface area contributed by atoms with Crippen LogP contribution in [0.1, 0.15) is 11.1 Å². The number of methoxy groups -OCH3 is 1. The molecule has 0 aliphatic heterocycles. The van der Waals surface area contributed by atoms with E-state index in [-0.39, 0.29) is 18.0 Å². The molecule has 0 saturated heterocycles. The Bertz CT molecular complexity index is 990. The molecule has 6 nitrogen and oxygen atoms in total. The van der Waals surface area contributed by atoms with E-state index in [1.807, 2.05) is 6.07 Å². The minimum atomic E-state index is -3.87. The van der Waals surface area contributed by atoms with Crippen LogP contribution in [0.4, 0.5) is 5.69 Å². The maximum Gasteiger partial charge on any atom is 0.264 e. The molecule has 0 saturated carbocycles. The number of hydrogen-bond acceptors (Lipinski definition) is 5. The highest BCUT2D eigenvalue weighted by atomic mass is 32.2. The Balaban J connectivity index is 2.10. The minimum Gasteiger partial charge on any atom is -0.497 e. The number of anilines is 1. The molecule has 140 valence electrons. The van der Waals surface area contributed by atoms with Gasteiger partial charge in [-0.1, -0.05) is 24.3 Å². The Labute approximate surface area is 158 Å². The molecule has 0 amide bonds. The maximum atomic E-state index is 13.4. The number of nitrogens with zero attached hydrogens (tertiary/aromatic N) is 2. The van der Waals surface area contributed by atoms with E-state index in [2.05, 4.69) is 4.98 Å². The third-order valence-electron chi connectivity index (χ3n) is 4.13. The molecule has 2 aromatic carbocycles. The standard InChI is InChI=1S/C20H20N2O4S/c1-26-18-8-10-19(11-9-18)27(24,25)22(14-16-5-4-12-21-13-16)20-7-3-2-6-17(20)15-23/h2-13,23H,14-15H2,1H3. The van der Waals surface area contributed by atoms with Gasteiger partial charge in [0.2, 0.25) is 0 Å². The average Bonchev–Trinajstić information content (AvgIpc) is 2.72. The minimum absolute atomic E-state index is 0.0964. The van der Waals surface area contributed by atoms with E-state index in [4.69, 9.17) is 4.74 Å². The summed E-state index contributed by atoms with van der Waals surface area (Å²) in [6.45, 7) is -0.170. The number of para-hydroxylation sites is 1. The summed E-state index contributed by atoms with van der Waals surface area (Å²) < 4.78 is 33.2. The van der Waals surface area contributed by atoms with Gasteiger partial charge in [0, 0.05) is 18.0 Å². The van der Waals surface area contributed by atoms with Crippen molar-refractivity contribution in [3.05, 3.63) is 84.2 Å². The van der Waals surface area contributed by atoms with Gasteiger partial charge in [0.25, 0.3) is 10.0 Å². The quantitative estimate of drug-likeness (QED) is 0.677. The number of sulfonamides is 1. The number of aromatic nitrogens is 1. The second kappa shape index (κ2) is 8.20. The summed E-state index contributed by atoms with van der Waals surface area (Å²) in [7, 11) is -2.35. The Morgan fingerprint density at radius 1 is 1.04 bits per heavy atom. The Morgan fingerprint density at radius 3 is 2.41 bits per heavy atom. The SMILES string of the molecule is COc1ccc(S(=O)(=O)N(Cc2cccnc2)c2ccccc2CO)cc1. The van der Waals surface area contributed by atoms with E-state index in [1.165, 1.54) is 23.5 Å². The predicted octanol–water partition coefficient (Wildman–Crippen LogP) is 2.98. The Kier molecular flexibility index (Phi) is 5.73. The zero-order chi connectivity index (χ0) is 19.3. The van der Waals surface area contributed by atoms with E-state index in [1.54, 1.807) is 54.9 Å². The van der Waals surface area contributed by atoms with Crippen molar-refractivity contribution in [1.29, 1.82) is 0 Å². The van der Waals surface area contributed by atoms with Crippen molar-refractivity contribution in [2.45, 2.75) is 18.0 Å². The van der Waals surface area contributed by atoms with Gasteiger partial charge in [-0.2, -0.15) is 0 Å². The highest BCUT2D eigenvalue weighted by molar-refractivity contribution is 7.92. The molecule has 0 unspecified atom stereocenters. The topological polar surface area (TPSA) is 79.7 Å². The molecule has 3 rings (SSSR count). The number of aliphatic hydroxyl groups excluding tert-OH is 1. The fourth-order valence-electron chi connectivity index (χ4n) is 2.72. The van der Waals surface area contributed by atoms with Gasteiger partial charge < -0.3 is 9.84 Å². The first-order valence-electron chi connectivity index (χ1n) is 8.30. The van der Waals surface area contributed by atoms with Gasteiger partial charge in [0.15, 0.2) is 0 Å². The largest absolute Gasteiger partial charge is 0.497 e. The van der Waals surface area contributed by atoms with Crippen LogP contribution >= 0.6 is 0 Å². The number of hydrogen-bond donors (Lipinski definition) is 1. The lowest BCUT2D eigenvalue weighted by Crippen LogP contribution is -2.31. The molecule has 0 fully saturated rings. The number of aliphatic hydroxyl groups is 1. The fraction of sp³-hybridized carbons (Fsp3) is 0.150. The van der Waals surface area contributed by atoms with Gasteiger partial charge in [0.1, 0.15) is 5.75 Å². The van der Waals surface area contributed by atoms with Crippen molar-refractivity contribution in [2.75, 3.05) is 11.4 Å². The summed E-state index contributed by atoms with van der Waals surface area (Å²) in [4.78, 5) is 4.20. The van der Waals surface area contributed by atoms with Crippen LogP contribution in [0.15, 0.2) is 78.0 Å². The molecule has 1 aromatic heterocycles. The lowest BCUT2D eigenvalue weighted by molar-refractivity contribution is 0.282. The molecule has 0 bridgehead atoms. The molecule has 0 aliphatic carbocycles. The zero-order valence-electron chi connectivity index (χ0n) is 14.8. The first kappa shape index (κ1) is 18.9. The van der Waals surface area contributed by atoms with Crippen LogP contribution in [0.3, 0.4) is 0 Å². The van der Waals surface area contributed by atoms with E-state index in [0.717, 1.165) is 5.56 Å². The first-order valence-corrected chi connectivity index (χ1v) is 9.74. The van der Waals surface area contributed by atoms with Crippen molar-refractivity contribution < 1.29 is 18.3 Å². The van der Waals surface area contributed by atoms with Crippen molar-refractivity contribution in [3.63, 3.8) is 0 Å². The number of benzene rings is 2. The lowest BCUT2D eigenvalue weighted by Gasteiger charge is -2.26. The molecular formula is C20H20N2O4S. The van der Waals surface area contributed by atoms with E-state index in [0.29, 0.717) is 17.0 Å². The van der Waals surface area contributed by atoms with Crippen LogP contribution in [0.25, 0.3) is 0 Å². The molecule has 1 N–H and O–H groups in total. The smallest absolute Gasteiger partial charge is 0.264 e. The highest BCUT2D eigenvalue weighted by Crippen LogP contribution is 2.29. The number of ether oxygens (including phenoxy) is 1. The highest BCUT2D eigenvalue weighted by Gasteiger charge is 2.27. The van der Waals surface area contributed by atoms with Gasteiger partial charge in [-0.3, -0.25) is 9.29 Å². The average molecular weight is 384 g/mol. The van der Waals surface area contributed by atoms with Crippen LogP contribution in [-0.4, -0.2) is 25.6 Å². The summed E-state index contributed by atoms with van der Waals surface area (Å²) in [6.07, 6.45) is 3.26. The lowest BCUT2D eigenvalue weighted by atomic mass is 10.2. The summed E-state index contributed by atoms with van der Waals surface area (Å²) >= 11 is 0. The summed E-state index contributed by atoms with van der Waals surface area (Å²) in [5, 5.41) is 9.69. The van der Waals surface area contributed by atoms with Crippen molar-refractivity contribution in [3.8, 4) is 5.75 Å². The Morgan fingerprint density at radius 2 is 1.78 bits per heavy atom. The molecule has 0 spiro atoms. The normalized spacial score (nSPS) is 11.2. The van der Waals surface area contributed by atoms with E-state index < -0.39 is 10.0 Å². The molecule has 0 atom stereocenters. The van der Waals surface area contributed by atoms with Crippen LogP contribution in [-0.2, 0) is 23.2 Å². The second-order valence-electron chi connectivity index (χ2n) is 5.84. The third kappa shape index (κ3) is 4.10. The fourth-order valence-corrected chi connectivity index (χ4v) is 4.21. The van der Waals surface area contributed by atoms with Crippen LogP contribution in [0.5, 0.6) is 5.75 Å². The van der Waals surface area contributed by atoms with Crippen LogP contribution in [0.2, 0.25) is 0 Å². The van der Waals surface area contributed by atoms with Crippen molar-refractivity contribution in [1.82, 2.24) is 4.98 Å². The monoisotopic (exact) mass is 384 g/mol. The van der Waals surface area contributed by atoms with Crippen LogP contribution in [0, 0.1) is 0 Å². The van der Waals surface area contributed by atoms with Gasteiger partial charge in [0.05, 0.1) is 30.8 Å². The van der Waals surface area contributed by atoms with Crippen LogP contribution < -0.4 is 9.04 Å². The van der Waals surface area contributed by atoms with Gasteiger partial charge >= 0.3 is 0 Å². The second-order valence-corrected chi connectivity index (χ2v) is 7.70. The Hall–Kier alpha value is -2.90. The molecule has 0 radical (unpaired) electrons. The number of rotatable bonds is 7. The zero-order valence-corrected chi connectivity index (χ0v) is 15.6. The summed E-state index contributed by atoms with van der Waals surface area (Å²) in [6, 6.07) is 16.7. The van der Waals surface area contributed by atoms with Crippen molar-refractivity contribution >= 4 is 15.7 Å². The van der Waals surface area contributed by atoms with E-state index in [9.17, 15) is 13.5 Å². The molecule has 7 heteroatoms. The predicted molar refractivity (Wildman–Crippen MR) is 103 cm³/mol. The van der Waals surface area contributed by atoms with E-state index >= 15 is 0 Å². The molecule has 1 heterocycles. The van der Waals surface area contributed by atoms with Crippen molar-refractivity contribution in [2.24, 2.45) is 0 Å². The first-order chi connectivity index (χ1) is 13.1. The van der Waals surface area contributed by atoms with Gasteiger partial charge in [-0.05, 0) is 42.0 Å². The summed E-state index contributed by atoms with van der Waals surface area (Å²) in [5.41, 5.74) is 1.69. The molecule has 27 heavy (non-hydrogen) atoms. The number of pyridine rings is 1. The van der Waals surface area contributed by atoms with Gasteiger partial charge in [-0.25, -0.2) is 8.42 Å². The van der Waals surface area contributed by atoms with Gasteiger partial charge in [-0.15, -0.1) is 0 Å². The molecular weight excluding hydrogens is 364 g/mol. The maximum absolute atomic E-state index is 13.4. The third-order valence-corrected chi connectivity index (χ3v) is 5.90. The summed E-state index contributed by atoms with van der Waals surface area (Å²) in [5.74, 6) is 0.573.